The predicted molar refractivity (Wildman–Crippen MR) is 124 cm³/mol. The second kappa shape index (κ2) is 10.5. The Labute approximate surface area is 190 Å². The van der Waals surface area contributed by atoms with Gasteiger partial charge in [0.15, 0.2) is 5.41 Å². The number of ether oxygens (including phenoxy) is 3. The fourth-order valence-electron chi connectivity index (χ4n) is 4.91. The molecule has 1 aliphatic rings. The minimum absolute atomic E-state index is 0.145. The van der Waals surface area contributed by atoms with Gasteiger partial charge in [-0.25, -0.2) is 0 Å². The molecule has 180 valence electrons. The largest absolute Gasteiger partial charge is 0.461 e. The third kappa shape index (κ3) is 6.12. The molecule has 5 heteroatoms. The van der Waals surface area contributed by atoms with Crippen molar-refractivity contribution in [1.82, 2.24) is 0 Å². The third-order valence-corrected chi connectivity index (χ3v) is 6.84. The number of carbonyl (C=O) groups excluding carboxylic acids is 2. The molecular weight excluding hydrogens is 392 g/mol. The lowest BCUT2D eigenvalue weighted by Crippen LogP contribution is -2.46. The van der Waals surface area contributed by atoms with Crippen LogP contribution in [0.2, 0.25) is 0 Å². The molecule has 1 aliphatic carbocycles. The normalized spacial score (nSPS) is 19.4. The Morgan fingerprint density at radius 2 is 1.23 bits per heavy atom. The van der Waals surface area contributed by atoms with Crippen LogP contribution in [-0.2, 0) is 23.8 Å². The lowest BCUT2D eigenvalue weighted by Gasteiger charge is -2.35. The summed E-state index contributed by atoms with van der Waals surface area (Å²) in [5.41, 5.74) is -1.11. The van der Waals surface area contributed by atoms with Gasteiger partial charge in [0.1, 0.15) is 12.2 Å². The molecule has 0 radical (unpaired) electrons. The highest BCUT2D eigenvalue weighted by Gasteiger charge is 2.59. The zero-order chi connectivity index (χ0) is 24.3. The lowest BCUT2D eigenvalue weighted by atomic mass is 9.81. The highest BCUT2D eigenvalue weighted by molar-refractivity contribution is 6.01. The van der Waals surface area contributed by atoms with Crippen LogP contribution in [0.4, 0.5) is 0 Å². The molecule has 1 saturated carbocycles. The van der Waals surface area contributed by atoms with Crippen molar-refractivity contribution in [3.8, 4) is 0 Å². The minimum Gasteiger partial charge on any atom is -0.461 e. The monoisotopic (exact) mass is 438 g/mol. The van der Waals surface area contributed by atoms with E-state index in [4.69, 9.17) is 14.2 Å². The molecule has 0 bridgehead atoms. The maximum Gasteiger partial charge on any atom is 0.324 e. The number of hydrogen-bond donors (Lipinski definition) is 0. The molecule has 31 heavy (non-hydrogen) atoms. The van der Waals surface area contributed by atoms with Crippen molar-refractivity contribution in [3.63, 3.8) is 0 Å². The van der Waals surface area contributed by atoms with Crippen molar-refractivity contribution >= 4 is 11.9 Å². The zero-order valence-corrected chi connectivity index (χ0v) is 21.7. The van der Waals surface area contributed by atoms with Gasteiger partial charge in [-0.2, -0.15) is 0 Å². The van der Waals surface area contributed by atoms with E-state index >= 15 is 0 Å². The second-order valence-corrected chi connectivity index (χ2v) is 11.2. The SMILES string of the molecule is C=C1CC(C(=O)OC(C(C)C)C(C)C)(C(=O)OC(C(C)C)C(C)C)C[C@@H]1C(C)(C)OC. The number of hydrogen-bond acceptors (Lipinski definition) is 5. The van der Waals surface area contributed by atoms with Crippen molar-refractivity contribution < 1.29 is 23.8 Å². The van der Waals surface area contributed by atoms with Crippen LogP contribution < -0.4 is 0 Å². The first kappa shape index (κ1) is 27.7. The van der Waals surface area contributed by atoms with Crippen molar-refractivity contribution in [1.29, 1.82) is 0 Å². The Morgan fingerprint density at radius 1 is 0.871 bits per heavy atom. The van der Waals surface area contributed by atoms with E-state index in [-0.39, 0.29) is 54.6 Å². The van der Waals surface area contributed by atoms with Crippen LogP contribution in [0.15, 0.2) is 12.2 Å². The average Bonchev–Trinajstić information content (AvgIpc) is 3.02. The first-order chi connectivity index (χ1) is 14.1. The van der Waals surface area contributed by atoms with Crippen molar-refractivity contribution in [2.24, 2.45) is 35.0 Å². The Bertz CT molecular complexity index is 594. The summed E-state index contributed by atoms with van der Waals surface area (Å²) in [7, 11) is 1.64. The maximum atomic E-state index is 13.7. The molecular formula is C26H46O5. The first-order valence-electron chi connectivity index (χ1n) is 11.8. The molecule has 0 N–H and O–H groups in total. The fourth-order valence-corrected chi connectivity index (χ4v) is 4.91. The average molecular weight is 439 g/mol. The van der Waals surface area contributed by atoms with Crippen LogP contribution in [0.25, 0.3) is 0 Å². The van der Waals surface area contributed by atoms with Gasteiger partial charge in [-0.1, -0.05) is 67.5 Å². The minimum atomic E-state index is -1.39. The number of rotatable bonds is 10. The second-order valence-electron chi connectivity index (χ2n) is 11.2. The summed E-state index contributed by atoms with van der Waals surface area (Å²) < 4.78 is 17.7. The summed E-state index contributed by atoms with van der Waals surface area (Å²) >= 11 is 0. The quantitative estimate of drug-likeness (QED) is 0.245. The summed E-state index contributed by atoms with van der Waals surface area (Å²) in [5, 5.41) is 0. The van der Waals surface area contributed by atoms with Gasteiger partial charge < -0.3 is 14.2 Å². The first-order valence-corrected chi connectivity index (χ1v) is 11.8. The highest BCUT2D eigenvalue weighted by atomic mass is 16.6. The predicted octanol–water partition coefficient (Wildman–Crippen LogP) is 5.81. The topological polar surface area (TPSA) is 61.8 Å². The molecule has 0 aliphatic heterocycles. The Hall–Kier alpha value is -1.36. The van der Waals surface area contributed by atoms with Crippen LogP contribution in [0.3, 0.4) is 0 Å². The molecule has 1 rings (SSSR count). The third-order valence-electron chi connectivity index (χ3n) is 6.84. The Balaban J connectivity index is 3.39. The van der Waals surface area contributed by atoms with Crippen LogP contribution in [0.1, 0.15) is 82.1 Å². The number of esters is 2. The van der Waals surface area contributed by atoms with Crippen LogP contribution in [0.5, 0.6) is 0 Å². The molecule has 5 nitrogen and oxygen atoms in total. The molecule has 0 aromatic rings. The van der Waals surface area contributed by atoms with Gasteiger partial charge in [-0.05, 0) is 50.4 Å². The van der Waals surface area contributed by atoms with Gasteiger partial charge in [0, 0.05) is 13.0 Å². The molecule has 0 unspecified atom stereocenters. The summed E-state index contributed by atoms with van der Waals surface area (Å²) in [4.78, 5) is 27.3. The molecule has 0 heterocycles. The van der Waals surface area contributed by atoms with Gasteiger partial charge in [-0.3, -0.25) is 9.59 Å². The molecule has 1 atom stereocenters. The van der Waals surface area contributed by atoms with Crippen molar-refractivity contribution in [2.75, 3.05) is 7.11 Å². The Morgan fingerprint density at radius 3 is 1.52 bits per heavy atom. The fraction of sp³-hybridized carbons (Fsp3) is 0.846. The summed E-state index contributed by atoms with van der Waals surface area (Å²) in [6.45, 7) is 24.4. The zero-order valence-electron chi connectivity index (χ0n) is 21.7. The van der Waals surface area contributed by atoms with Gasteiger partial charge in [-0.15, -0.1) is 0 Å². The lowest BCUT2D eigenvalue weighted by molar-refractivity contribution is -0.184. The molecule has 1 fully saturated rings. The number of methoxy groups -OCH3 is 1. The van der Waals surface area contributed by atoms with Gasteiger partial charge in [0.25, 0.3) is 0 Å². The van der Waals surface area contributed by atoms with Gasteiger partial charge in [0.05, 0.1) is 5.60 Å². The van der Waals surface area contributed by atoms with E-state index < -0.39 is 23.0 Å². The van der Waals surface area contributed by atoms with E-state index in [9.17, 15) is 9.59 Å². The van der Waals surface area contributed by atoms with E-state index in [1.54, 1.807) is 7.11 Å². The van der Waals surface area contributed by atoms with E-state index in [2.05, 4.69) is 6.58 Å². The highest BCUT2D eigenvalue weighted by Crippen LogP contribution is 2.51. The van der Waals surface area contributed by atoms with E-state index in [1.165, 1.54) is 0 Å². The smallest absolute Gasteiger partial charge is 0.324 e. The molecule has 0 aromatic carbocycles. The summed E-state index contributed by atoms with van der Waals surface area (Å²) in [5.74, 6) is -0.554. The van der Waals surface area contributed by atoms with Crippen LogP contribution in [-0.4, -0.2) is 36.9 Å². The van der Waals surface area contributed by atoms with Gasteiger partial charge in [0.2, 0.25) is 0 Å². The molecule has 0 saturated heterocycles. The summed E-state index contributed by atoms with van der Waals surface area (Å²) in [6, 6.07) is 0. The molecule has 0 spiro atoms. The molecule has 0 amide bonds. The van der Waals surface area contributed by atoms with Crippen LogP contribution in [0, 0.1) is 35.0 Å². The summed E-state index contributed by atoms with van der Waals surface area (Å²) in [6.07, 6.45) is -0.0266. The van der Waals surface area contributed by atoms with Crippen molar-refractivity contribution in [3.05, 3.63) is 12.2 Å². The van der Waals surface area contributed by atoms with E-state index in [1.807, 2.05) is 69.2 Å². The van der Waals surface area contributed by atoms with E-state index in [0.29, 0.717) is 0 Å². The standard InChI is InChI=1S/C26H46O5/c1-15(2)21(16(3)4)30-23(27)26(24(28)31-22(17(5)6)18(7)8)13-19(9)20(14-26)25(10,11)29-12/h15-18,20-22H,9,13-14H2,1-8,10-12H3/t20-/m0/s1. The van der Waals surface area contributed by atoms with Gasteiger partial charge >= 0.3 is 11.9 Å². The van der Waals surface area contributed by atoms with Crippen LogP contribution >= 0.6 is 0 Å². The van der Waals surface area contributed by atoms with Crippen molar-refractivity contribution in [2.45, 2.75) is 99.9 Å². The van der Waals surface area contributed by atoms with E-state index in [0.717, 1.165) is 5.57 Å². The Kier molecular flexibility index (Phi) is 9.38. The maximum absolute atomic E-state index is 13.7. The number of carbonyl (C=O) groups is 2. The molecule has 0 aromatic heterocycles.